The van der Waals surface area contributed by atoms with Crippen LogP contribution >= 0.6 is 27.3 Å². The Bertz CT molecular complexity index is 847. The van der Waals surface area contributed by atoms with Gasteiger partial charge in [0.2, 0.25) is 0 Å². The van der Waals surface area contributed by atoms with Crippen molar-refractivity contribution in [2.45, 2.75) is 6.92 Å². The number of benzene rings is 2. The van der Waals surface area contributed by atoms with Crippen LogP contribution in [0, 0.1) is 12.7 Å². The van der Waals surface area contributed by atoms with Crippen molar-refractivity contribution >= 4 is 48.5 Å². The van der Waals surface area contributed by atoms with Crippen LogP contribution in [0.3, 0.4) is 0 Å². The van der Waals surface area contributed by atoms with Gasteiger partial charge >= 0.3 is 0 Å². The number of carbonyl (C=O) groups excluding carboxylic acids is 1. The summed E-state index contributed by atoms with van der Waals surface area (Å²) in [5, 5.41) is 3.10. The van der Waals surface area contributed by atoms with Crippen molar-refractivity contribution in [2.75, 3.05) is 5.32 Å². The van der Waals surface area contributed by atoms with E-state index in [2.05, 4.69) is 26.2 Å². The molecule has 0 aliphatic carbocycles. The summed E-state index contributed by atoms with van der Waals surface area (Å²) in [6, 6.07) is 10.1. The van der Waals surface area contributed by atoms with Gasteiger partial charge in [0.05, 0.1) is 15.8 Å². The zero-order chi connectivity index (χ0) is 15.0. The molecule has 1 amide bonds. The summed E-state index contributed by atoms with van der Waals surface area (Å²) in [4.78, 5) is 16.4. The molecule has 1 N–H and O–H groups in total. The number of anilines is 1. The van der Waals surface area contributed by atoms with Gasteiger partial charge in [0.1, 0.15) is 5.82 Å². The number of halogens is 2. The second kappa shape index (κ2) is 5.54. The second-order valence-corrected chi connectivity index (χ2v) is 6.51. The van der Waals surface area contributed by atoms with Gasteiger partial charge < -0.3 is 0 Å². The molecule has 0 radical (unpaired) electrons. The Morgan fingerprint density at radius 2 is 2.10 bits per heavy atom. The highest BCUT2D eigenvalue weighted by atomic mass is 79.9. The van der Waals surface area contributed by atoms with Gasteiger partial charge in [-0.25, -0.2) is 9.37 Å². The normalized spacial score (nSPS) is 10.8. The SMILES string of the molecule is Cc1ccc2nc(NC(=O)c3cc(Br)ccc3F)sc2c1. The van der Waals surface area contributed by atoms with Crippen molar-refractivity contribution < 1.29 is 9.18 Å². The maximum atomic E-state index is 13.7. The molecule has 2 aromatic carbocycles. The van der Waals surface area contributed by atoms with Crippen LogP contribution in [-0.4, -0.2) is 10.9 Å². The van der Waals surface area contributed by atoms with Gasteiger partial charge in [-0.2, -0.15) is 0 Å². The second-order valence-electron chi connectivity index (χ2n) is 4.57. The number of carbonyl (C=O) groups is 1. The third-order valence-electron chi connectivity index (χ3n) is 2.94. The molecule has 0 aliphatic rings. The Morgan fingerprint density at radius 1 is 1.29 bits per heavy atom. The first-order chi connectivity index (χ1) is 10.0. The maximum absolute atomic E-state index is 13.7. The van der Waals surface area contributed by atoms with Crippen LogP contribution < -0.4 is 5.32 Å². The van der Waals surface area contributed by atoms with Gasteiger partial charge in [0, 0.05) is 4.47 Å². The number of thiazole rings is 1. The predicted molar refractivity (Wildman–Crippen MR) is 86.4 cm³/mol. The predicted octanol–water partition coefficient (Wildman–Crippen LogP) is 4.76. The molecule has 1 heterocycles. The number of amides is 1. The van der Waals surface area contributed by atoms with Gasteiger partial charge in [0.15, 0.2) is 5.13 Å². The minimum absolute atomic E-state index is 0.0141. The van der Waals surface area contributed by atoms with Crippen molar-refractivity contribution in [3.05, 3.63) is 57.8 Å². The summed E-state index contributed by atoms with van der Waals surface area (Å²) in [6.45, 7) is 1.99. The molecule has 0 saturated heterocycles. The quantitative estimate of drug-likeness (QED) is 0.712. The first-order valence-electron chi connectivity index (χ1n) is 6.16. The molecule has 0 unspecified atom stereocenters. The Morgan fingerprint density at radius 3 is 2.90 bits per heavy atom. The molecule has 0 fully saturated rings. The highest BCUT2D eigenvalue weighted by molar-refractivity contribution is 9.10. The average molecular weight is 365 g/mol. The third-order valence-corrected chi connectivity index (χ3v) is 4.36. The van der Waals surface area contributed by atoms with Gasteiger partial charge in [0.25, 0.3) is 5.91 Å². The van der Waals surface area contributed by atoms with E-state index in [0.29, 0.717) is 9.60 Å². The number of aromatic nitrogens is 1. The number of fused-ring (bicyclic) bond motifs is 1. The van der Waals surface area contributed by atoms with Crippen LogP contribution in [0.5, 0.6) is 0 Å². The van der Waals surface area contributed by atoms with Gasteiger partial charge in [-0.15, -0.1) is 0 Å². The van der Waals surface area contributed by atoms with E-state index >= 15 is 0 Å². The highest BCUT2D eigenvalue weighted by Crippen LogP contribution is 2.27. The van der Waals surface area contributed by atoms with E-state index in [1.807, 2.05) is 25.1 Å². The lowest BCUT2D eigenvalue weighted by molar-refractivity contribution is 0.102. The number of nitrogens with one attached hydrogen (secondary N) is 1. The van der Waals surface area contributed by atoms with Gasteiger partial charge in [-0.3, -0.25) is 10.1 Å². The number of nitrogens with zero attached hydrogens (tertiary/aromatic N) is 1. The first-order valence-corrected chi connectivity index (χ1v) is 7.77. The van der Waals surface area contributed by atoms with E-state index < -0.39 is 11.7 Å². The molecular weight excluding hydrogens is 355 g/mol. The lowest BCUT2D eigenvalue weighted by Crippen LogP contribution is -2.13. The van der Waals surface area contributed by atoms with Crippen molar-refractivity contribution in [2.24, 2.45) is 0 Å². The number of hydrogen-bond donors (Lipinski definition) is 1. The molecule has 0 spiro atoms. The molecule has 3 rings (SSSR count). The van der Waals surface area contributed by atoms with Crippen LogP contribution in [0.25, 0.3) is 10.2 Å². The summed E-state index contributed by atoms with van der Waals surface area (Å²) in [5.41, 5.74) is 1.93. The summed E-state index contributed by atoms with van der Waals surface area (Å²) in [6.07, 6.45) is 0. The molecule has 0 bridgehead atoms. The first kappa shape index (κ1) is 14.2. The zero-order valence-electron chi connectivity index (χ0n) is 11.0. The number of aryl methyl sites for hydroxylation is 1. The van der Waals surface area contributed by atoms with Crippen molar-refractivity contribution in [3.63, 3.8) is 0 Å². The minimum Gasteiger partial charge on any atom is -0.298 e. The van der Waals surface area contributed by atoms with E-state index in [4.69, 9.17) is 0 Å². The lowest BCUT2D eigenvalue weighted by Gasteiger charge is -2.03. The van der Waals surface area contributed by atoms with Crippen molar-refractivity contribution in [1.82, 2.24) is 4.98 Å². The van der Waals surface area contributed by atoms with Crippen LogP contribution in [0.2, 0.25) is 0 Å². The van der Waals surface area contributed by atoms with Gasteiger partial charge in [-0.05, 0) is 42.8 Å². The molecular formula is C15H10BrFN2OS. The highest BCUT2D eigenvalue weighted by Gasteiger charge is 2.14. The fourth-order valence-electron chi connectivity index (χ4n) is 1.92. The largest absolute Gasteiger partial charge is 0.298 e. The van der Waals surface area contributed by atoms with E-state index in [9.17, 15) is 9.18 Å². The Kier molecular flexibility index (Phi) is 3.73. The minimum atomic E-state index is -0.562. The summed E-state index contributed by atoms with van der Waals surface area (Å²) < 4.78 is 15.3. The van der Waals surface area contributed by atoms with Crippen LogP contribution in [0.4, 0.5) is 9.52 Å². The molecule has 0 saturated carbocycles. The smallest absolute Gasteiger partial charge is 0.260 e. The molecule has 21 heavy (non-hydrogen) atoms. The Hall–Kier alpha value is -1.79. The fourth-order valence-corrected chi connectivity index (χ4v) is 3.24. The Balaban J connectivity index is 1.90. The lowest BCUT2D eigenvalue weighted by atomic mass is 10.2. The number of rotatable bonds is 2. The van der Waals surface area contributed by atoms with Gasteiger partial charge in [-0.1, -0.05) is 33.3 Å². The van der Waals surface area contributed by atoms with Crippen LogP contribution in [0.15, 0.2) is 40.9 Å². The maximum Gasteiger partial charge on any atom is 0.260 e. The van der Waals surface area contributed by atoms with Crippen molar-refractivity contribution in [1.29, 1.82) is 0 Å². The standard InChI is InChI=1S/C15H10BrFN2OS/c1-8-2-5-12-13(6-8)21-15(18-12)19-14(20)10-7-9(16)3-4-11(10)17/h2-7H,1H3,(H,18,19,20). The topological polar surface area (TPSA) is 42.0 Å². The molecule has 0 aliphatic heterocycles. The van der Waals surface area contributed by atoms with E-state index in [-0.39, 0.29) is 5.56 Å². The molecule has 0 atom stereocenters. The zero-order valence-corrected chi connectivity index (χ0v) is 13.4. The molecule has 6 heteroatoms. The third kappa shape index (κ3) is 2.96. The monoisotopic (exact) mass is 364 g/mol. The molecule has 106 valence electrons. The van der Waals surface area contributed by atoms with Crippen LogP contribution in [-0.2, 0) is 0 Å². The number of hydrogen-bond acceptors (Lipinski definition) is 3. The Labute approximate surface area is 133 Å². The average Bonchev–Trinajstić information content (AvgIpc) is 2.82. The van der Waals surface area contributed by atoms with Crippen molar-refractivity contribution in [3.8, 4) is 0 Å². The summed E-state index contributed by atoms with van der Waals surface area (Å²) in [5.74, 6) is -1.07. The molecule has 3 aromatic rings. The summed E-state index contributed by atoms with van der Waals surface area (Å²) >= 11 is 4.59. The van der Waals surface area contributed by atoms with E-state index in [1.165, 1.54) is 23.5 Å². The van der Waals surface area contributed by atoms with E-state index in [0.717, 1.165) is 15.8 Å². The fraction of sp³-hybridized carbons (Fsp3) is 0.0667. The van der Waals surface area contributed by atoms with Crippen LogP contribution in [0.1, 0.15) is 15.9 Å². The van der Waals surface area contributed by atoms with E-state index in [1.54, 1.807) is 6.07 Å². The molecule has 1 aromatic heterocycles. The summed E-state index contributed by atoms with van der Waals surface area (Å²) in [7, 11) is 0. The molecule has 3 nitrogen and oxygen atoms in total.